The Morgan fingerprint density at radius 2 is 1.17 bits per heavy atom. The molecular formula is C36H32N6O3S. The first-order chi connectivity index (χ1) is 22.1. The molecule has 0 aliphatic carbocycles. The Morgan fingerprint density at radius 3 is 1.96 bits per heavy atom. The maximum atomic E-state index is 11.8. The minimum Gasteiger partial charge on any atom is -0.867 e. The summed E-state index contributed by atoms with van der Waals surface area (Å²) >= 11 is 1.61. The Hall–Kier alpha value is -5.48. The molecule has 0 aliphatic heterocycles. The molecule has 0 radical (unpaired) electrons. The second-order valence-corrected chi connectivity index (χ2v) is 12.1. The number of rotatable bonds is 0. The second kappa shape index (κ2) is 12.1. The summed E-state index contributed by atoms with van der Waals surface area (Å²) in [5.41, 5.74) is 6.56. The molecule has 0 aliphatic rings. The largest absolute Gasteiger partial charge is 0.867 e. The van der Waals surface area contributed by atoms with E-state index >= 15 is 0 Å². The van der Waals surface area contributed by atoms with Crippen LogP contribution >= 0.6 is 11.3 Å². The minimum atomic E-state index is 0.0118. The van der Waals surface area contributed by atoms with Gasteiger partial charge in [-0.15, -0.1) is 0 Å². The van der Waals surface area contributed by atoms with Crippen molar-refractivity contribution in [3.63, 3.8) is 0 Å². The molecule has 0 N–H and O–H groups in total. The van der Waals surface area contributed by atoms with Crippen molar-refractivity contribution in [2.45, 2.75) is 41.5 Å². The van der Waals surface area contributed by atoms with Crippen LogP contribution in [0.25, 0.3) is 37.2 Å². The van der Waals surface area contributed by atoms with Gasteiger partial charge in [-0.1, -0.05) is 36.4 Å². The van der Waals surface area contributed by atoms with Gasteiger partial charge < -0.3 is 15.3 Å². The van der Waals surface area contributed by atoms with Gasteiger partial charge in [0.2, 0.25) is 0 Å². The number of benzene rings is 2. The highest BCUT2D eigenvalue weighted by Gasteiger charge is 2.18. The predicted octanol–water partition coefficient (Wildman–Crippen LogP) is 3.90. The van der Waals surface area contributed by atoms with E-state index in [1.54, 1.807) is 36.5 Å². The summed E-state index contributed by atoms with van der Waals surface area (Å²) < 4.78 is 6.76. The summed E-state index contributed by atoms with van der Waals surface area (Å²) in [4.78, 5) is 13.8. The third-order valence-electron chi connectivity index (χ3n) is 8.02. The number of aryl methyl sites for hydroxylation is 6. The molecule has 0 saturated carbocycles. The van der Waals surface area contributed by atoms with Crippen LogP contribution in [0.3, 0.4) is 0 Å². The SMILES string of the molecule is Cc1nc2c3ccccc3cc[n+]2c(C)c1[O-].Cc1nc2cccc[n+]2c(C)c1[O-].Cc1nc2sc3ccccc3[n+]2c(C)c1[O-]. The zero-order valence-electron chi connectivity index (χ0n) is 26.4. The molecule has 0 saturated heterocycles. The molecule has 10 heteroatoms. The number of nitrogens with zero attached hydrogens (tertiary/aromatic N) is 6. The van der Waals surface area contributed by atoms with E-state index in [1.807, 2.05) is 115 Å². The number of hydrogen-bond acceptors (Lipinski definition) is 7. The minimum absolute atomic E-state index is 0.0118. The molecule has 9 nitrogen and oxygen atoms in total. The van der Waals surface area contributed by atoms with Crippen LogP contribution in [0.1, 0.15) is 34.2 Å². The van der Waals surface area contributed by atoms with Crippen LogP contribution in [0.15, 0.2) is 85.2 Å². The van der Waals surface area contributed by atoms with E-state index in [9.17, 15) is 15.3 Å². The third kappa shape index (κ3) is 5.37. The molecule has 46 heavy (non-hydrogen) atoms. The van der Waals surface area contributed by atoms with Gasteiger partial charge in [0.05, 0.1) is 22.5 Å². The second-order valence-electron chi connectivity index (χ2n) is 11.0. The van der Waals surface area contributed by atoms with Crippen molar-refractivity contribution in [3.05, 3.63) is 119 Å². The summed E-state index contributed by atoms with van der Waals surface area (Å²) in [6.45, 7) is 10.8. The van der Waals surface area contributed by atoms with E-state index in [4.69, 9.17) is 0 Å². The lowest BCUT2D eigenvalue weighted by Crippen LogP contribution is -2.29. The van der Waals surface area contributed by atoms with Crippen LogP contribution in [0, 0.1) is 41.5 Å². The molecule has 0 amide bonds. The van der Waals surface area contributed by atoms with E-state index in [-0.39, 0.29) is 17.2 Å². The van der Waals surface area contributed by atoms with Crippen LogP contribution in [0.4, 0.5) is 0 Å². The average molecular weight is 629 g/mol. The lowest BCUT2D eigenvalue weighted by Gasteiger charge is -2.10. The van der Waals surface area contributed by atoms with E-state index in [2.05, 4.69) is 15.0 Å². The summed E-state index contributed by atoms with van der Waals surface area (Å²) in [5.74, 6) is 0.0579. The molecule has 0 unspecified atom stereocenters. The Kier molecular flexibility index (Phi) is 8.06. The fourth-order valence-electron chi connectivity index (χ4n) is 5.50. The predicted molar refractivity (Wildman–Crippen MR) is 172 cm³/mol. The maximum absolute atomic E-state index is 11.8. The average Bonchev–Trinajstić information content (AvgIpc) is 3.44. The van der Waals surface area contributed by atoms with Crippen molar-refractivity contribution in [2.24, 2.45) is 0 Å². The molecule has 230 valence electrons. The van der Waals surface area contributed by atoms with Crippen LogP contribution in [0.2, 0.25) is 0 Å². The number of para-hydroxylation sites is 1. The highest BCUT2D eigenvalue weighted by atomic mass is 32.1. The van der Waals surface area contributed by atoms with Crippen LogP contribution < -0.4 is 28.5 Å². The van der Waals surface area contributed by atoms with Crippen molar-refractivity contribution >= 4 is 48.6 Å². The lowest BCUT2D eigenvalue weighted by atomic mass is 10.1. The zero-order valence-corrected chi connectivity index (χ0v) is 27.2. The summed E-state index contributed by atoms with van der Waals surface area (Å²) in [5, 5.41) is 37.4. The van der Waals surface area contributed by atoms with Crippen LogP contribution in [0.5, 0.6) is 17.2 Å². The molecule has 0 spiro atoms. The number of fused-ring (bicyclic) bond motifs is 7. The van der Waals surface area contributed by atoms with Crippen LogP contribution in [-0.2, 0) is 0 Å². The number of aromatic nitrogens is 6. The van der Waals surface area contributed by atoms with Crippen molar-refractivity contribution in [1.82, 2.24) is 15.0 Å². The lowest BCUT2D eigenvalue weighted by molar-refractivity contribution is -0.528. The van der Waals surface area contributed by atoms with Gasteiger partial charge in [-0.25, -0.2) is 8.80 Å². The van der Waals surface area contributed by atoms with Crippen molar-refractivity contribution < 1.29 is 28.5 Å². The smallest absolute Gasteiger partial charge is 0.388 e. The summed E-state index contributed by atoms with van der Waals surface area (Å²) in [6, 6.07) is 23.8. The molecule has 0 bridgehead atoms. The highest BCUT2D eigenvalue weighted by Crippen LogP contribution is 2.24. The third-order valence-corrected chi connectivity index (χ3v) is 9.04. The molecule has 2 aromatic carbocycles. The molecule has 0 atom stereocenters. The van der Waals surface area contributed by atoms with Gasteiger partial charge in [0.25, 0.3) is 0 Å². The molecule has 8 rings (SSSR count). The van der Waals surface area contributed by atoms with Gasteiger partial charge in [-0.3, -0.25) is 0 Å². The Balaban J connectivity index is 0.000000122. The highest BCUT2D eigenvalue weighted by molar-refractivity contribution is 7.22. The van der Waals surface area contributed by atoms with E-state index < -0.39 is 0 Å². The first-order valence-electron chi connectivity index (χ1n) is 14.8. The monoisotopic (exact) mass is 628 g/mol. The fourth-order valence-corrected chi connectivity index (χ4v) is 6.62. The van der Waals surface area contributed by atoms with Crippen LogP contribution in [-0.4, -0.2) is 15.0 Å². The van der Waals surface area contributed by atoms with Gasteiger partial charge in [0.15, 0.2) is 5.52 Å². The first-order valence-corrected chi connectivity index (χ1v) is 15.6. The number of hydrogen-bond donors (Lipinski definition) is 0. The van der Waals surface area contributed by atoms with Gasteiger partial charge in [-0.05, 0) is 100 Å². The van der Waals surface area contributed by atoms with Gasteiger partial charge in [0.1, 0.15) is 34.2 Å². The molecular weight excluding hydrogens is 597 g/mol. The molecule has 0 fully saturated rings. The van der Waals surface area contributed by atoms with Gasteiger partial charge >= 0.3 is 16.3 Å². The molecule has 6 aromatic heterocycles. The van der Waals surface area contributed by atoms with Gasteiger partial charge in [-0.2, -0.15) is 4.40 Å². The summed E-state index contributed by atoms with van der Waals surface area (Å²) in [6.07, 6.45) is 3.75. The molecule has 6 heterocycles. The zero-order chi connectivity index (χ0) is 32.7. The molecule has 8 aromatic rings. The van der Waals surface area contributed by atoms with Crippen molar-refractivity contribution in [3.8, 4) is 17.2 Å². The number of pyridine rings is 2. The topological polar surface area (TPSA) is 120 Å². The summed E-state index contributed by atoms with van der Waals surface area (Å²) in [7, 11) is 0. The number of thiazole rings is 1. The van der Waals surface area contributed by atoms with E-state index in [1.165, 1.54) is 0 Å². The Bertz CT molecular complexity index is 2440. The van der Waals surface area contributed by atoms with E-state index in [0.29, 0.717) is 28.5 Å². The van der Waals surface area contributed by atoms with Crippen molar-refractivity contribution in [2.75, 3.05) is 0 Å². The Morgan fingerprint density at radius 1 is 0.565 bits per heavy atom. The normalized spacial score (nSPS) is 11.1. The van der Waals surface area contributed by atoms with Gasteiger partial charge in [0, 0.05) is 26.8 Å². The Labute approximate surface area is 269 Å². The quantitative estimate of drug-likeness (QED) is 0.186. The standard InChI is InChI=1S/C14H12N2O.C12H10N2OS.C10H10N2O/c1-9-13(17)10(2)16-8-7-11-5-3-4-6-12(11)14(16)15-9;1-7-11(15)8(2)14-9-5-3-4-6-10(9)16-12(14)13-7;1-7-10(13)8(2)12-6-4-3-5-9(12)11-7/h3-8H,1-2H3;3-6H,1-2H3;3-6H,1-2H3. The fraction of sp³-hybridized carbons (Fsp3) is 0.167. The van der Waals surface area contributed by atoms with E-state index in [0.717, 1.165) is 42.9 Å². The maximum Gasteiger partial charge on any atom is 0.388 e. The first kappa shape index (κ1) is 30.5. The van der Waals surface area contributed by atoms with Crippen molar-refractivity contribution in [1.29, 1.82) is 0 Å².